The maximum absolute atomic E-state index is 13.8. The molecule has 54 heteroatoms. The summed E-state index contributed by atoms with van der Waals surface area (Å²) in [5.74, 6) is 8.71. The van der Waals surface area contributed by atoms with E-state index in [1.165, 1.54) is 105 Å². The van der Waals surface area contributed by atoms with Crippen molar-refractivity contribution in [3.63, 3.8) is 0 Å². The van der Waals surface area contributed by atoms with Gasteiger partial charge < -0.3 is 60.1 Å². The van der Waals surface area contributed by atoms with Gasteiger partial charge in [-0.1, -0.05) is 94.3 Å². The number of carboxylic acids is 1. The Hall–Kier alpha value is -14.8. The molecule has 5 aromatic heterocycles. The van der Waals surface area contributed by atoms with Gasteiger partial charge in [-0.15, -0.1) is 69.3 Å². The minimum absolute atomic E-state index is 0.00566. The molecule has 0 radical (unpaired) electrons. The first kappa shape index (κ1) is 111. The number of aromatic hydroxyl groups is 3. The maximum Gasteiger partial charge on any atom is 0.416 e. The number of phenols is 3. The average molecular weight is 2130 g/mol. The monoisotopic (exact) mass is 2130 g/mol. The number of rotatable bonds is 41. The number of halogens is 9. The number of phenolic OH excluding ortho intramolecular Hbond substituents is 3. The first-order chi connectivity index (χ1) is 69.1. The number of alkyl halides is 9. The summed E-state index contributed by atoms with van der Waals surface area (Å²) in [6.45, 7) is 3.35. The normalized spacial score (nSPS) is 12.7. The van der Waals surface area contributed by atoms with Gasteiger partial charge in [0.1, 0.15) is 126 Å². The Balaban J connectivity index is 0.000000194. The van der Waals surface area contributed by atoms with E-state index in [0.29, 0.717) is 86.4 Å². The molecule has 3 amide bonds. The summed E-state index contributed by atoms with van der Waals surface area (Å²) in [6.07, 6.45) is -5.85. The number of terminal acetylenes is 1. The second-order valence-electron chi connectivity index (χ2n) is 30.4. The molecule has 13 N–H and O–H groups in total. The Bertz CT molecular complexity index is 6970. The van der Waals surface area contributed by atoms with E-state index in [4.69, 9.17) is 52.6 Å². The molecule has 0 spiro atoms. The number of hydrogen-bond donors (Lipinski definition) is 10. The topological polar surface area (TPSA) is 564 Å². The summed E-state index contributed by atoms with van der Waals surface area (Å²) in [5, 5.41) is 71.2. The van der Waals surface area contributed by atoms with Crippen molar-refractivity contribution in [3.8, 4) is 46.8 Å². The number of thiazole rings is 3. The number of benzene rings is 9. The van der Waals surface area contributed by atoms with Crippen LogP contribution in [0.1, 0.15) is 87.4 Å². The number of fused-ring (bicyclic) bond motifs is 3. The number of ether oxygens (including phenoxy) is 5. The first-order valence-corrected chi connectivity index (χ1v) is 47.7. The van der Waals surface area contributed by atoms with Crippen molar-refractivity contribution in [2.45, 2.75) is 133 Å². The number of hydrogen-bond acceptors (Lipinski definition) is 35. The van der Waals surface area contributed by atoms with Crippen molar-refractivity contribution >= 4 is 134 Å². The average Bonchev–Trinajstić information content (AvgIpc) is 1.67. The van der Waals surface area contributed by atoms with Crippen LogP contribution in [0.15, 0.2) is 231 Å². The molecular formula is C91H83F9N18O21S6. The lowest BCUT2D eigenvalue weighted by Gasteiger charge is -2.22. The number of sulfonamides is 1. The van der Waals surface area contributed by atoms with Crippen molar-refractivity contribution in [2.24, 2.45) is 22.0 Å². The lowest BCUT2D eigenvalue weighted by atomic mass is 10.0. The Morgan fingerprint density at radius 2 is 0.855 bits per heavy atom. The minimum atomic E-state index is -4.55. The molecule has 0 bridgehead atoms. The van der Waals surface area contributed by atoms with Crippen LogP contribution in [-0.4, -0.2) is 153 Å². The van der Waals surface area contributed by atoms with Gasteiger partial charge in [0, 0.05) is 49.1 Å². The molecule has 6 atom stereocenters. The molecule has 0 fully saturated rings. The molecule has 0 aliphatic carbocycles. The molecular weight excluding hydrogens is 2040 g/mol. The zero-order valence-corrected chi connectivity index (χ0v) is 80.1. The van der Waals surface area contributed by atoms with Gasteiger partial charge in [0.2, 0.25) is 22.1 Å². The lowest BCUT2D eigenvalue weighted by Crippen LogP contribution is -2.47. The highest BCUT2D eigenvalue weighted by Crippen LogP contribution is 2.38. The van der Waals surface area contributed by atoms with Crippen LogP contribution in [0.4, 0.5) is 39.5 Å². The zero-order chi connectivity index (χ0) is 105. The predicted molar refractivity (Wildman–Crippen MR) is 506 cm³/mol. The van der Waals surface area contributed by atoms with Crippen molar-refractivity contribution < 1.29 is 139 Å². The summed E-state index contributed by atoms with van der Waals surface area (Å²) in [6, 6.07) is 39.1. The summed E-state index contributed by atoms with van der Waals surface area (Å²) >= 11 is 5.46. The van der Waals surface area contributed by atoms with Gasteiger partial charge in [-0.25, -0.2) is 52.3 Å². The zero-order valence-electron chi connectivity index (χ0n) is 75.2. The fourth-order valence-corrected chi connectivity index (χ4v) is 17.7. The second kappa shape index (κ2) is 51.9. The number of carboxylic acid groups (broad SMARTS) is 1. The number of amides is 3. The van der Waals surface area contributed by atoms with Crippen LogP contribution in [-0.2, 0) is 137 Å². The Labute approximate surface area is 836 Å². The first-order valence-electron chi connectivity index (χ1n) is 42.3. The number of carbonyl (C=O) groups is 6. The van der Waals surface area contributed by atoms with Crippen LogP contribution >= 0.6 is 58.1 Å². The number of nitrogens with zero attached hydrogens (tertiary/aromatic N) is 12. The van der Waals surface area contributed by atoms with Crippen LogP contribution in [0.3, 0.4) is 0 Å². The molecule has 0 saturated carbocycles. The molecule has 39 nitrogen and oxygen atoms in total. The van der Waals surface area contributed by atoms with Crippen LogP contribution in [0.25, 0.3) is 41.1 Å². The molecule has 4 unspecified atom stereocenters. The van der Waals surface area contributed by atoms with E-state index in [9.17, 15) is 97.1 Å². The molecule has 14 aromatic rings. The Kier molecular flexibility index (Phi) is 39.6. The fourth-order valence-electron chi connectivity index (χ4n) is 13.2. The fraction of sp³-hybridized carbons (Fsp3) is 0.242. The van der Waals surface area contributed by atoms with E-state index in [2.05, 4.69) is 86.1 Å². The number of primary sulfonamides is 1. The number of aromatic nitrogens is 9. The van der Waals surface area contributed by atoms with Gasteiger partial charge in [0.05, 0.1) is 72.9 Å². The number of aliphatic carboxylic acids is 1. The van der Waals surface area contributed by atoms with Crippen LogP contribution in [0, 0.1) is 12.3 Å². The van der Waals surface area contributed by atoms with Crippen LogP contribution in [0.2, 0.25) is 0 Å². The molecule has 0 saturated heterocycles. The van der Waals surface area contributed by atoms with Gasteiger partial charge >= 0.3 is 36.4 Å². The second-order valence-corrected chi connectivity index (χ2v) is 37.1. The SMILES string of the molecule is C#CCOc1ccc2nc(S(N)(=O)=O)sc2c1.CCOC(=O)C(Cc1ccc(C(F)(F)F)cc1)NC(=O)C(Cc1ccc(O)cc1)n1cc(COc2ccc3sc(SOON)nc3c2)nn1.CCOC(=O)[C@H](Cc1ccc(C(F)(F)F)cc1)NC(=O)[C@@H](Cc1ccc(O)cc1)N=[N+]=[N-].NOOSc1nc2cc(OCc3cn(C(Cc4ccc(O)cc4)C(=O)NC(Cc4ccc(C(F)(F)F)cc4)C(=O)O)nn3)ccc2s1. The highest BCUT2D eigenvalue weighted by Gasteiger charge is 2.37. The molecule has 14 rings (SSSR count). The lowest BCUT2D eigenvalue weighted by molar-refractivity contribution is -0.195. The van der Waals surface area contributed by atoms with Gasteiger partial charge in [0.25, 0.3) is 10.0 Å². The highest BCUT2D eigenvalue weighted by molar-refractivity contribution is 7.96. The summed E-state index contributed by atoms with van der Waals surface area (Å²) < 4.78 is 181. The quantitative estimate of drug-likeness (QED) is 0.00196. The smallest absolute Gasteiger partial charge is 0.416 e. The third-order valence-corrected chi connectivity index (χ3v) is 25.8. The van der Waals surface area contributed by atoms with E-state index in [1.807, 2.05) is 12.1 Å². The number of azide groups is 1. The summed E-state index contributed by atoms with van der Waals surface area (Å²) in [7, 11) is -3.76. The maximum atomic E-state index is 13.8. The van der Waals surface area contributed by atoms with Crippen LogP contribution in [0.5, 0.6) is 34.5 Å². The number of carbonyl (C=O) groups excluding carboxylic acids is 5. The molecule has 145 heavy (non-hydrogen) atoms. The standard InChI is InChI=1S/C31H29F3N6O7S2.C29H25F3N6O7S2.C21H21F3N4O4.C10H8N2O3S2/c1-2-44-29(43)25(13-18-3-7-20(8-4-18)31(32,33)34)36-28(42)26(14-19-5-9-22(41)10-6-19)40-16-21(38-39-40)17-45-23-11-12-27-24(15-23)37-30(48-27)49-47-46-35;30-29(31,32)18-5-1-16(2-6-18)11-23(27(41)42)34-26(40)24(12-17-3-7-20(39)8-4-17)38-14-19(36-37-38)15-43-21-9-10-25-22(13-21)35-28(46-25)47-45-44-33;1-2-32-20(31)18(12-13-3-7-15(8-4-13)21(22,23)24)26-19(30)17(27-28-25)11-14-5-9-16(29)10-6-14;1-2-5-15-7-3-4-8-9(6-7)16-10(12-8)17(11,13)14/h3-12,15-16,25-26,41H,2,13-14,17,35H2,1H3,(H,36,42);1-10,13-14,23-24,39H,11-12,15,33H2,(H,34,40)(H,41,42);3-10,17-18,29H,2,11-12H2,1H3,(H,26,30);1,3-4,6H,5H2,(H2,11,13,14)/t;;17-,18+;/m..1./s1. The van der Waals surface area contributed by atoms with E-state index < -0.39 is 117 Å². The Morgan fingerprint density at radius 1 is 0.490 bits per heavy atom. The predicted octanol–water partition coefficient (Wildman–Crippen LogP) is 14.6. The third kappa shape index (κ3) is 33.6. The third-order valence-electron chi connectivity index (χ3n) is 20.1. The molecule has 5 heterocycles. The Morgan fingerprint density at radius 3 is 1.23 bits per heavy atom. The van der Waals surface area contributed by atoms with E-state index in [1.54, 1.807) is 92.7 Å². The van der Waals surface area contributed by atoms with Gasteiger partial charge in [-0.3, -0.25) is 14.4 Å². The molecule has 0 aliphatic rings. The van der Waals surface area contributed by atoms with Crippen molar-refractivity contribution in [1.82, 2.24) is 60.9 Å². The highest BCUT2D eigenvalue weighted by atomic mass is 32.2. The number of nitrogens with one attached hydrogen (secondary N) is 3. The molecule has 762 valence electrons. The largest absolute Gasteiger partial charge is 0.508 e. The van der Waals surface area contributed by atoms with Gasteiger partial charge in [0.15, 0.2) is 8.68 Å². The van der Waals surface area contributed by atoms with E-state index in [0.717, 1.165) is 93.4 Å². The molecule has 0 aliphatic heterocycles. The van der Waals surface area contributed by atoms with Crippen molar-refractivity contribution in [3.05, 3.63) is 284 Å². The van der Waals surface area contributed by atoms with Gasteiger partial charge in [-0.05, 0) is 174 Å². The van der Waals surface area contributed by atoms with Crippen LogP contribution < -0.4 is 47.1 Å². The number of nitrogens with two attached hydrogens (primary N) is 3. The van der Waals surface area contributed by atoms with E-state index >= 15 is 0 Å². The van der Waals surface area contributed by atoms with Crippen molar-refractivity contribution in [2.75, 3.05) is 19.8 Å². The molecule has 9 aromatic carbocycles. The van der Waals surface area contributed by atoms with Crippen molar-refractivity contribution in [1.29, 1.82) is 0 Å². The van der Waals surface area contributed by atoms with E-state index in [-0.39, 0.29) is 98.7 Å². The summed E-state index contributed by atoms with van der Waals surface area (Å²) in [5.41, 5.74) is 11.8. The number of esters is 2. The summed E-state index contributed by atoms with van der Waals surface area (Å²) in [4.78, 5) is 101. The minimum Gasteiger partial charge on any atom is -0.508 e. The van der Waals surface area contributed by atoms with Gasteiger partial charge in [-0.2, -0.15) is 51.3 Å².